The summed E-state index contributed by atoms with van der Waals surface area (Å²) in [6.07, 6.45) is -1.44. The molecule has 0 unspecified atom stereocenters. The second-order valence-corrected chi connectivity index (χ2v) is 10.0. The lowest BCUT2D eigenvalue weighted by atomic mass is 9.92. The maximum atomic E-state index is 15.1. The first-order valence-electron chi connectivity index (χ1n) is 12.3. The monoisotopic (exact) mass is 548 g/mol. The number of aromatic nitrogens is 6. The van der Waals surface area contributed by atoms with Crippen molar-refractivity contribution in [3.63, 3.8) is 0 Å². The van der Waals surface area contributed by atoms with Crippen LogP contribution >= 0.6 is 0 Å². The number of rotatable bonds is 4. The molecule has 2 aliphatic rings. The Morgan fingerprint density at radius 3 is 2.49 bits per heavy atom. The van der Waals surface area contributed by atoms with Crippen molar-refractivity contribution in [2.24, 2.45) is 0 Å². The minimum atomic E-state index is -4.70. The van der Waals surface area contributed by atoms with Crippen molar-refractivity contribution in [3.8, 4) is 11.3 Å². The van der Waals surface area contributed by atoms with Crippen LogP contribution in [0.25, 0.3) is 22.4 Å². The zero-order chi connectivity index (χ0) is 27.7. The largest absolute Gasteiger partial charge is 0.416 e. The van der Waals surface area contributed by atoms with Gasteiger partial charge in [0, 0.05) is 36.3 Å². The first kappa shape index (κ1) is 25.7. The third-order valence-electron chi connectivity index (χ3n) is 7.27. The molecule has 204 valence electrons. The third kappa shape index (κ3) is 4.72. The van der Waals surface area contributed by atoms with Crippen molar-refractivity contribution in [3.05, 3.63) is 64.7 Å². The molecule has 13 heteroatoms. The van der Waals surface area contributed by atoms with Crippen LogP contribution < -0.4 is 0 Å². The first-order chi connectivity index (χ1) is 18.4. The van der Waals surface area contributed by atoms with Gasteiger partial charge in [0.2, 0.25) is 0 Å². The molecule has 1 aliphatic carbocycles. The highest BCUT2D eigenvalue weighted by atomic mass is 19.4. The maximum Gasteiger partial charge on any atom is 0.416 e. The van der Waals surface area contributed by atoms with E-state index in [1.165, 1.54) is 10.9 Å². The van der Waals surface area contributed by atoms with Crippen LogP contribution in [0.4, 0.5) is 26.3 Å². The molecular formula is C26H22F6N6O. The highest BCUT2D eigenvalue weighted by Gasteiger charge is 2.59. The fourth-order valence-corrected chi connectivity index (χ4v) is 4.82. The van der Waals surface area contributed by atoms with Crippen LogP contribution in [0.2, 0.25) is 0 Å². The fraction of sp³-hybridized carbons (Fsp3) is 0.423. The Balaban J connectivity index is 1.38. The lowest BCUT2D eigenvalue weighted by Crippen LogP contribution is -2.20. The van der Waals surface area contributed by atoms with E-state index in [9.17, 15) is 22.0 Å². The summed E-state index contributed by atoms with van der Waals surface area (Å²) in [6.45, 7) is 3.78. The van der Waals surface area contributed by atoms with Crippen LogP contribution in [0.1, 0.15) is 65.7 Å². The molecule has 3 atom stereocenters. The number of alkyl halides is 5. The molecule has 39 heavy (non-hydrogen) atoms. The van der Waals surface area contributed by atoms with Gasteiger partial charge in [-0.1, -0.05) is 0 Å². The van der Waals surface area contributed by atoms with Gasteiger partial charge in [-0.15, -0.1) is 0 Å². The average Bonchev–Trinajstić information content (AvgIpc) is 3.28. The summed E-state index contributed by atoms with van der Waals surface area (Å²) in [5, 5.41) is 4.08. The van der Waals surface area contributed by atoms with Gasteiger partial charge in [0.15, 0.2) is 5.65 Å². The molecule has 1 saturated carbocycles. The van der Waals surface area contributed by atoms with E-state index < -0.39 is 35.6 Å². The Hall–Kier alpha value is -3.61. The van der Waals surface area contributed by atoms with Crippen LogP contribution in [-0.2, 0) is 10.9 Å². The highest BCUT2D eigenvalue weighted by molar-refractivity contribution is 5.87. The molecule has 4 aromatic rings. The van der Waals surface area contributed by atoms with E-state index in [2.05, 4.69) is 25.0 Å². The van der Waals surface area contributed by atoms with E-state index in [0.717, 1.165) is 12.1 Å². The van der Waals surface area contributed by atoms with Crippen molar-refractivity contribution < 1.29 is 31.1 Å². The van der Waals surface area contributed by atoms with Gasteiger partial charge in [0.05, 0.1) is 29.3 Å². The Labute approximate surface area is 218 Å². The molecule has 4 heterocycles. The molecule has 0 amide bonds. The number of fused-ring (bicyclic) bond motifs is 1. The summed E-state index contributed by atoms with van der Waals surface area (Å²) in [4.78, 5) is 18.2. The third-order valence-corrected chi connectivity index (χ3v) is 7.27. The van der Waals surface area contributed by atoms with E-state index >= 15 is 4.39 Å². The standard InChI is InChI=1S/C26H22F6N6O/c1-12-13(2)35-24-22(34-12)21(17-4-3-16(8-18(17)27)26(30,31)32)36-23(37-24)14-5-6-39-19(7-14)15-10-33-38(11-15)20-9-25(20,28)29/h3-4,8,10-11,14,19-20H,5-7,9H2,1-2H3/t14-,19-,20-/m0/s1. The smallest absolute Gasteiger partial charge is 0.373 e. The van der Waals surface area contributed by atoms with Crippen LogP contribution in [0.5, 0.6) is 0 Å². The molecule has 0 radical (unpaired) electrons. The SMILES string of the molecule is Cc1nc2nc([C@H]3CCO[C@H](c4cnn([C@H]5CC5(F)F)c4)C3)nc(-c3ccc(C(F)(F)F)cc3F)c2nc1C. The van der Waals surface area contributed by atoms with E-state index in [-0.39, 0.29) is 34.8 Å². The van der Waals surface area contributed by atoms with Crippen molar-refractivity contribution in [1.82, 2.24) is 29.7 Å². The van der Waals surface area contributed by atoms with Crippen molar-refractivity contribution in [2.75, 3.05) is 6.61 Å². The number of hydrogen-bond donors (Lipinski definition) is 0. The zero-order valence-electron chi connectivity index (χ0n) is 20.8. The quantitative estimate of drug-likeness (QED) is 0.280. The number of ether oxygens (including phenoxy) is 1. The van der Waals surface area contributed by atoms with Crippen LogP contribution in [-0.4, -0.2) is 42.2 Å². The molecule has 1 aromatic carbocycles. The Morgan fingerprint density at radius 2 is 1.79 bits per heavy atom. The second-order valence-electron chi connectivity index (χ2n) is 10.0. The van der Waals surface area contributed by atoms with Gasteiger partial charge in [0.1, 0.15) is 28.9 Å². The number of hydrogen-bond acceptors (Lipinski definition) is 6. The van der Waals surface area contributed by atoms with Gasteiger partial charge in [-0.2, -0.15) is 18.3 Å². The topological polar surface area (TPSA) is 78.6 Å². The molecule has 0 bridgehead atoms. The van der Waals surface area contributed by atoms with Gasteiger partial charge >= 0.3 is 6.18 Å². The average molecular weight is 548 g/mol. The number of benzene rings is 1. The molecule has 1 aliphatic heterocycles. The molecule has 0 spiro atoms. The van der Waals surface area contributed by atoms with Crippen LogP contribution in [0, 0.1) is 19.7 Å². The van der Waals surface area contributed by atoms with E-state index in [1.807, 2.05) is 0 Å². The molecular weight excluding hydrogens is 526 g/mol. The summed E-state index contributed by atoms with van der Waals surface area (Å²) in [5.41, 5.74) is 0.950. The summed E-state index contributed by atoms with van der Waals surface area (Å²) in [6, 6.07) is 1.31. The summed E-state index contributed by atoms with van der Waals surface area (Å²) >= 11 is 0. The minimum Gasteiger partial charge on any atom is -0.373 e. The van der Waals surface area contributed by atoms with E-state index in [0.29, 0.717) is 48.3 Å². The molecule has 0 N–H and O–H groups in total. The molecule has 6 rings (SSSR count). The Kier molecular flexibility index (Phi) is 5.90. The summed E-state index contributed by atoms with van der Waals surface area (Å²) in [5.74, 6) is -3.81. The zero-order valence-corrected chi connectivity index (χ0v) is 20.8. The highest BCUT2D eigenvalue weighted by Crippen LogP contribution is 2.52. The second kappa shape index (κ2) is 8.97. The lowest BCUT2D eigenvalue weighted by Gasteiger charge is -2.28. The van der Waals surface area contributed by atoms with Gasteiger partial charge in [-0.3, -0.25) is 4.68 Å². The van der Waals surface area contributed by atoms with Gasteiger partial charge in [-0.05, 0) is 44.9 Å². The van der Waals surface area contributed by atoms with Crippen molar-refractivity contribution >= 4 is 11.2 Å². The first-order valence-corrected chi connectivity index (χ1v) is 12.3. The van der Waals surface area contributed by atoms with Gasteiger partial charge in [0.25, 0.3) is 5.92 Å². The number of nitrogens with zero attached hydrogens (tertiary/aromatic N) is 6. The lowest BCUT2D eigenvalue weighted by molar-refractivity contribution is -0.137. The predicted molar refractivity (Wildman–Crippen MR) is 126 cm³/mol. The van der Waals surface area contributed by atoms with Gasteiger partial charge < -0.3 is 4.74 Å². The van der Waals surface area contributed by atoms with E-state index in [1.54, 1.807) is 20.0 Å². The molecule has 2 fully saturated rings. The van der Waals surface area contributed by atoms with Crippen molar-refractivity contribution in [1.29, 1.82) is 0 Å². The Morgan fingerprint density at radius 1 is 1.05 bits per heavy atom. The Bertz CT molecular complexity index is 1590. The maximum absolute atomic E-state index is 15.1. The minimum absolute atomic E-state index is 0.0450. The number of aryl methyl sites for hydroxylation is 2. The van der Waals surface area contributed by atoms with Crippen LogP contribution in [0.3, 0.4) is 0 Å². The summed E-state index contributed by atoms with van der Waals surface area (Å²) in [7, 11) is 0. The summed E-state index contributed by atoms with van der Waals surface area (Å²) < 4.78 is 88.6. The van der Waals surface area contributed by atoms with E-state index in [4.69, 9.17) is 4.74 Å². The molecule has 3 aromatic heterocycles. The van der Waals surface area contributed by atoms with Crippen molar-refractivity contribution in [2.45, 2.75) is 63.3 Å². The van der Waals surface area contributed by atoms with Crippen LogP contribution in [0.15, 0.2) is 30.6 Å². The number of halogens is 6. The molecule has 7 nitrogen and oxygen atoms in total. The predicted octanol–water partition coefficient (Wildman–Crippen LogP) is 6.27. The van der Waals surface area contributed by atoms with Gasteiger partial charge in [-0.25, -0.2) is 33.1 Å². The fourth-order valence-electron chi connectivity index (χ4n) is 4.82. The molecule has 1 saturated heterocycles. The normalized spacial score (nSPS) is 22.8.